The van der Waals surface area contributed by atoms with E-state index in [1.54, 1.807) is 12.1 Å². The fourth-order valence-electron chi connectivity index (χ4n) is 1.98. The van der Waals surface area contributed by atoms with Gasteiger partial charge in [-0.15, -0.1) is 0 Å². The molecule has 1 aliphatic carbocycles. The average Bonchev–Trinajstić information content (AvgIpc) is 2.81. The van der Waals surface area contributed by atoms with Gasteiger partial charge in [0.2, 0.25) is 16.7 Å². The zero-order valence-corrected chi connectivity index (χ0v) is 13.1. The summed E-state index contributed by atoms with van der Waals surface area (Å²) in [6.45, 7) is 0. The molecule has 0 amide bonds. The smallest absolute Gasteiger partial charge is 0.742 e. The molecule has 96 valence electrons. The van der Waals surface area contributed by atoms with E-state index in [9.17, 15) is 22.6 Å². The molecular formula is C12H5NaO6S. The molecule has 0 unspecified atom stereocenters. The van der Waals surface area contributed by atoms with Crippen LogP contribution in [0.5, 0.6) is 0 Å². The van der Waals surface area contributed by atoms with Crippen LogP contribution in [0.25, 0.3) is 11.3 Å². The van der Waals surface area contributed by atoms with Crippen molar-refractivity contribution < 1.29 is 56.5 Å². The zero-order valence-electron chi connectivity index (χ0n) is 10.2. The van der Waals surface area contributed by atoms with Gasteiger partial charge in [-0.05, 0) is 0 Å². The Labute approximate surface area is 135 Å². The Morgan fingerprint density at radius 3 is 2.10 bits per heavy atom. The van der Waals surface area contributed by atoms with Gasteiger partial charge in [0.05, 0.1) is 5.56 Å². The molecule has 0 saturated heterocycles. The Morgan fingerprint density at radius 2 is 1.50 bits per heavy atom. The van der Waals surface area contributed by atoms with Gasteiger partial charge in [0, 0.05) is 17.2 Å². The van der Waals surface area contributed by atoms with Gasteiger partial charge in [-0.1, -0.05) is 24.3 Å². The second kappa shape index (κ2) is 4.94. The molecule has 2 aromatic rings. The number of fused-ring (bicyclic) bond motifs is 3. The Hall–Kier alpha value is -1.25. The Balaban J connectivity index is 0.00000147. The number of furan rings is 1. The summed E-state index contributed by atoms with van der Waals surface area (Å²) in [7, 11) is -4.82. The number of hydrogen-bond donors (Lipinski definition) is 0. The van der Waals surface area contributed by atoms with E-state index in [0.717, 1.165) is 6.07 Å². The first kappa shape index (κ1) is 15.1. The summed E-state index contributed by atoms with van der Waals surface area (Å²) in [4.78, 5) is 23.6. The van der Waals surface area contributed by atoms with Gasteiger partial charge in [0.15, 0.2) is 10.1 Å². The van der Waals surface area contributed by atoms with Crippen molar-refractivity contribution in [1.29, 1.82) is 0 Å². The number of carbonyl (C=O) groups excluding carboxylic acids is 2. The maximum Gasteiger partial charge on any atom is 1.00 e. The number of hydrogen-bond acceptors (Lipinski definition) is 6. The third-order valence-electron chi connectivity index (χ3n) is 2.82. The number of carbonyl (C=O) groups is 2. The number of ketones is 2. The minimum absolute atomic E-state index is 0. The van der Waals surface area contributed by atoms with Crippen molar-refractivity contribution >= 4 is 21.7 Å². The summed E-state index contributed by atoms with van der Waals surface area (Å²) in [5, 5.41) is -0.865. The normalized spacial score (nSPS) is 13.4. The molecular weight excluding hydrogens is 295 g/mol. The molecule has 1 aromatic carbocycles. The van der Waals surface area contributed by atoms with Gasteiger partial charge in [0.1, 0.15) is 5.76 Å². The second-order valence-corrected chi connectivity index (χ2v) is 5.28. The molecule has 6 nitrogen and oxygen atoms in total. The maximum absolute atomic E-state index is 11.8. The van der Waals surface area contributed by atoms with E-state index in [-0.39, 0.29) is 46.4 Å². The van der Waals surface area contributed by atoms with Gasteiger partial charge in [-0.25, -0.2) is 8.42 Å². The molecule has 20 heavy (non-hydrogen) atoms. The van der Waals surface area contributed by atoms with Crippen LogP contribution in [0, 0.1) is 0 Å². The van der Waals surface area contributed by atoms with Gasteiger partial charge < -0.3 is 8.97 Å². The number of Topliss-reactive ketones (excluding diaryl/α,β-unsaturated/α-hetero) is 2. The Bertz CT molecular complexity index is 833. The molecule has 0 aliphatic heterocycles. The van der Waals surface area contributed by atoms with Crippen molar-refractivity contribution in [3.05, 3.63) is 41.5 Å². The summed E-state index contributed by atoms with van der Waals surface area (Å²) in [5.74, 6) is -1.69. The van der Waals surface area contributed by atoms with E-state index in [1.807, 2.05) is 0 Å². The first-order chi connectivity index (χ1) is 8.89. The van der Waals surface area contributed by atoms with Crippen LogP contribution in [0.2, 0.25) is 0 Å². The summed E-state index contributed by atoms with van der Waals surface area (Å²) >= 11 is 0. The van der Waals surface area contributed by atoms with Crippen molar-refractivity contribution in [1.82, 2.24) is 0 Å². The first-order valence-electron chi connectivity index (χ1n) is 5.18. The Kier molecular flexibility index (Phi) is 3.74. The molecule has 3 rings (SSSR count). The second-order valence-electron chi connectivity index (χ2n) is 3.97. The monoisotopic (exact) mass is 300 g/mol. The van der Waals surface area contributed by atoms with Gasteiger partial charge in [-0.3, -0.25) is 9.59 Å². The molecule has 0 radical (unpaired) electrons. The molecule has 1 heterocycles. The third kappa shape index (κ3) is 2.17. The molecule has 0 atom stereocenters. The van der Waals surface area contributed by atoms with Crippen molar-refractivity contribution in [2.45, 2.75) is 5.09 Å². The van der Waals surface area contributed by atoms with Crippen LogP contribution in [0.4, 0.5) is 0 Å². The minimum Gasteiger partial charge on any atom is -0.742 e. The van der Waals surface area contributed by atoms with Crippen molar-refractivity contribution in [2.75, 3.05) is 0 Å². The molecule has 8 heteroatoms. The van der Waals surface area contributed by atoms with Crippen molar-refractivity contribution in [3.8, 4) is 11.3 Å². The van der Waals surface area contributed by atoms with Crippen molar-refractivity contribution in [2.24, 2.45) is 0 Å². The van der Waals surface area contributed by atoms with E-state index >= 15 is 0 Å². The number of benzene rings is 1. The van der Waals surface area contributed by atoms with Crippen molar-refractivity contribution in [3.63, 3.8) is 0 Å². The molecule has 0 fully saturated rings. The molecule has 0 spiro atoms. The fourth-order valence-corrected chi connectivity index (χ4v) is 2.43. The van der Waals surface area contributed by atoms with Gasteiger partial charge in [-0.2, -0.15) is 0 Å². The van der Waals surface area contributed by atoms with Crippen LogP contribution in [0.3, 0.4) is 0 Å². The molecule has 0 bridgehead atoms. The molecule has 1 aliphatic rings. The summed E-state index contributed by atoms with van der Waals surface area (Å²) in [6.07, 6.45) is 0. The third-order valence-corrected chi connectivity index (χ3v) is 3.52. The predicted octanol–water partition coefficient (Wildman–Crippen LogP) is -1.77. The quantitative estimate of drug-likeness (QED) is 0.351. The Morgan fingerprint density at radius 1 is 0.950 bits per heavy atom. The van der Waals surface area contributed by atoms with Crippen LogP contribution < -0.4 is 29.6 Å². The van der Waals surface area contributed by atoms with E-state index < -0.39 is 26.8 Å². The SMILES string of the molecule is O=C1C(=O)c2cc(S(=O)(=O)[O-])oc2-c2ccccc21.[Na+]. The van der Waals surface area contributed by atoms with E-state index in [1.165, 1.54) is 12.1 Å². The van der Waals surface area contributed by atoms with Crippen LogP contribution >= 0.6 is 0 Å². The standard InChI is InChI=1S/C12H6O6S.Na/c13-10-6-3-1-2-4-7(6)12-8(11(10)14)5-9(18-12)19(15,16)17;/h1-5H,(H,15,16,17);/q;+1/p-1. The molecule has 0 saturated carbocycles. The molecule has 0 N–H and O–H groups in total. The summed E-state index contributed by atoms with van der Waals surface area (Å²) in [6, 6.07) is 6.94. The maximum atomic E-state index is 11.8. The summed E-state index contributed by atoms with van der Waals surface area (Å²) in [5.41, 5.74) is 0.235. The zero-order chi connectivity index (χ0) is 13.8. The van der Waals surface area contributed by atoms with E-state index in [0.29, 0.717) is 5.56 Å². The van der Waals surface area contributed by atoms with Crippen LogP contribution in [-0.2, 0) is 10.1 Å². The van der Waals surface area contributed by atoms with E-state index in [2.05, 4.69) is 0 Å². The predicted molar refractivity (Wildman–Crippen MR) is 60.8 cm³/mol. The van der Waals surface area contributed by atoms with E-state index in [4.69, 9.17) is 4.42 Å². The van der Waals surface area contributed by atoms with Crippen LogP contribution in [0.1, 0.15) is 20.7 Å². The van der Waals surface area contributed by atoms with Crippen LogP contribution in [-0.4, -0.2) is 24.5 Å². The molecule has 1 aromatic heterocycles. The summed E-state index contributed by atoms with van der Waals surface area (Å²) < 4.78 is 37.7. The average molecular weight is 300 g/mol. The minimum atomic E-state index is -4.82. The fraction of sp³-hybridized carbons (Fsp3) is 0. The number of rotatable bonds is 1. The first-order valence-corrected chi connectivity index (χ1v) is 6.58. The topological polar surface area (TPSA) is 104 Å². The van der Waals surface area contributed by atoms with Gasteiger partial charge >= 0.3 is 29.6 Å². The van der Waals surface area contributed by atoms with Crippen LogP contribution in [0.15, 0.2) is 39.8 Å². The largest absolute Gasteiger partial charge is 1.00 e. The van der Waals surface area contributed by atoms with Gasteiger partial charge in [0.25, 0.3) is 0 Å².